The smallest absolute Gasteiger partial charge is 0.408 e. The maximum Gasteiger partial charge on any atom is 0.408 e. The van der Waals surface area contributed by atoms with Crippen molar-refractivity contribution in [3.05, 3.63) is 34.3 Å². The number of rotatable bonds is 5. The molecule has 1 aromatic rings. The molecule has 1 fully saturated rings. The Morgan fingerprint density at radius 1 is 1.26 bits per heavy atom. The first-order valence-corrected chi connectivity index (χ1v) is 10.5. The number of hydrogen-bond donors (Lipinski definition) is 1. The van der Waals surface area contributed by atoms with E-state index in [0.29, 0.717) is 18.8 Å². The molecule has 0 aliphatic carbocycles. The second-order valence-corrected chi connectivity index (χ2v) is 9.26. The number of benzene rings is 1. The third kappa shape index (κ3) is 7.17. The van der Waals surface area contributed by atoms with Crippen molar-refractivity contribution in [2.24, 2.45) is 5.92 Å². The molecule has 0 bridgehead atoms. The third-order valence-corrected chi connectivity index (χ3v) is 5.50. The molecule has 1 unspecified atom stereocenters. The van der Waals surface area contributed by atoms with E-state index in [2.05, 4.69) is 28.2 Å². The minimum absolute atomic E-state index is 0.0852. The number of piperidine rings is 1. The van der Waals surface area contributed by atoms with Gasteiger partial charge in [-0.1, -0.05) is 41.1 Å². The molecule has 6 heteroatoms. The van der Waals surface area contributed by atoms with Crippen LogP contribution in [0.15, 0.2) is 28.7 Å². The summed E-state index contributed by atoms with van der Waals surface area (Å²) in [6, 6.07) is 7.92. The van der Waals surface area contributed by atoms with Crippen LogP contribution in [-0.2, 0) is 16.0 Å². The molecule has 2 amide bonds. The molecule has 1 aromatic carbocycles. The van der Waals surface area contributed by atoms with E-state index in [9.17, 15) is 9.59 Å². The third-order valence-electron chi connectivity index (χ3n) is 4.73. The summed E-state index contributed by atoms with van der Waals surface area (Å²) < 4.78 is 6.58. The quantitative estimate of drug-likeness (QED) is 0.733. The molecular formula is C21H31BrN2O3. The van der Waals surface area contributed by atoms with Crippen molar-refractivity contribution in [2.45, 2.75) is 65.0 Å². The number of nitrogens with zero attached hydrogens (tertiary/aromatic N) is 1. The minimum atomic E-state index is -0.770. The summed E-state index contributed by atoms with van der Waals surface area (Å²) >= 11 is 3.54. The molecule has 0 saturated carbocycles. The van der Waals surface area contributed by atoms with Gasteiger partial charge in [0.25, 0.3) is 5.91 Å². The average Bonchev–Trinajstić information content (AvgIpc) is 2.58. The number of carbonyl (C=O) groups excluding carboxylic acids is 2. The van der Waals surface area contributed by atoms with Crippen molar-refractivity contribution < 1.29 is 14.3 Å². The van der Waals surface area contributed by atoms with Gasteiger partial charge in [0.15, 0.2) is 6.10 Å². The van der Waals surface area contributed by atoms with Crippen LogP contribution in [0.2, 0.25) is 0 Å². The number of alkyl carbamates (subject to hydrolysis) is 1. The largest absolute Gasteiger partial charge is 0.436 e. The number of ether oxygens (including phenoxy) is 1. The molecule has 0 spiro atoms. The zero-order chi connectivity index (χ0) is 20.0. The molecule has 1 aliphatic rings. The van der Waals surface area contributed by atoms with E-state index >= 15 is 0 Å². The summed E-state index contributed by atoms with van der Waals surface area (Å²) in [5.74, 6) is 0.552. The van der Waals surface area contributed by atoms with Gasteiger partial charge in [0.2, 0.25) is 0 Å². The summed E-state index contributed by atoms with van der Waals surface area (Å²) in [6.45, 7) is 9.33. The molecule has 1 aliphatic heterocycles. The Labute approximate surface area is 171 Å². The van der Waals surface area contributed by atoms with Gasteiger partial charge < -0.3 is 15.0 Å². The Morgan fingerprint density at radius 3 is 2.48 bits per heavy atom. The highest BCUT2D eigenvalue weighted by molar-refractivity contribution is 9.10. The van der Waals surface area contributed by atoms with Crippen LogP contribution >= 0.6 is 15.9 Å². The van der Waals surface area contributed by atoms with Crippen molar-refractivity contribution in [2.75, 3.05) is 13.1 Å². The predicted molar refractivity (Wildman–Crippen MR) is 111 cm³/mol. The number of halogens is 1. The van der Waals surface area contributed by atoms with Gasteiger partial charge in [-0.05, 0) is 64.0 Å². The van der Waals surface area contributed by atoms with Crippen LogP contribution in [0, 0.1) is 5.92 Å². The predicted octanol–water partition coefficient (Wildman–Crippen LogP) is 4.53. The Bertz CT molecular complexity index is 649. The van der Waals surface area contributed by atoms with Gasteiger partial charge in [-0.15, -0.1) is 0 Å². The van der Waals surface area contributed by atoms with Crippen molar-refractivity contribution in [3.63, 3.8) is 0 Å². The minimum Gasteiger partial charge on any atom is -0.436 e. The van der Waals surface area contributed by atoms with E-state index in [0.717, 1.165) is 36.0 Å². The molecule has 1 heterocycles. The lowest BCUT2D eigenvalue weighted by atomic mass is 9.98. The number of aryl methyl sites for hydroxylation is 1. The topological polar surface area (TPSA) is 58.6 Å². The van der Waals surface area contributed by atoms with Crippen molar-refractivity contribution in [3.8, 4) is 0 Å². The molecular weight excluding hydrogens is 408 g/mol. The number of hydrogen-bond acceptors (Lipinski definition) is 3. The maximum atomic E-state index is 13.0. The molecule has 27 heavy (non-hydrogen) atoms. The van der Waals surface area contributed by atoms with Crippen LogP contribution in [-0.4, -0.2) is 41.6 Å². The van der Waals surface area contributed by atoms with Crippen LogP contribution in [0.1, 0.15) is 52.5 Å². The molecule has 0 aromatic heterocycles. The number of likely N-dealkylation sites (tertiary alicyclic amines) is 1. The van der Waals surface area contributed by atoms with Crippen LogP contribution in [0.4, 0.5) is 4.79 Å². The van der Waals surface area contributed by atoms with Crippen LogP contribution in [0.3, 0.4) is 0 Å². The Hall–Kier alpha value is -1.56. The fourth-order valence-corrected chi connectivity index (χ4v) is 3.60. The summed E-state index contributed by atoms with van der Waals surface area (Å²) in [5.41, 5.74) is 0.690. The lowest BCUT2D eigenvalue weighted by Crippen LogP contribution is -2.48. The fraction of sp³-hybridized carbons (Fsp3) is 0.619. The van der Waals surface area contributed by atoms with E-state index in [1.54, 1.807) is 0 Å². The number of nitrogens with one attached hydrogen (secondary N) is 1. The fourth-order valence-electron chi connectivity index (χ4n) is 3.12. The Kier molecular flexibility index (Phi) is 7.71. The molecule has 1 saturated heterocycles. The molecule has 1 N–H and O–H groups in total. The lowest BCUT2D eigenvalue weighted by Gasteiger charge is -2.33. The Balaban J connectivity index is 2.06. The van der Waals surface area contributed by atoms with Crippen LogP contribution in [0.5, 0.6) is 0 Å². The summed E-state index contributed by atoms with van der Waals surface area (Å²) in [4.78, 5) is 27.1. The van der Waals surface area contributed by atoms with Gasteiger partial charge in [0.1, 0.15) is 0 Å². The number of amides is 2. The van der Waals surface area contributed by atoms with E-state index in [4.69, 9.17) is 4.74 Å². The monoisotopic (exact) mass is 438 g/mol. The van der Waals surface area contributed by atoms with Crippen molar-refractivity contribution >= 4 is 27.9 Å². The maximum absolute atomic E-state index is 13.0. The standard InChI is InChI=1S/C21H31BrN2O3/c1-15-11-13-24(14-12-15)19(25)18(27-20(26)23-21(2,3)4)10-9-16-7-5-6-8-17(16)22/h5-8,15,18H,9-14H2,1-4H3,(H,23,26). The zero-order valence-corrected chi connectivity index (χ0v) is 18.3. The first-order valence-electron chi connectivity index (χ1n) is 9.66. The molecule has 150 valence electrons. The van der Waals surface area contributed by atoms with Crippen LogP contribution < -0.4 is 5.32 Å². The highest BCUT2D eigenvalue weighted by Gasteiger charge is 2.30. The van der Waals surface area contributed by atoms with E-state index in [1.165, 1.54) is 0 Å². The highest BCUT2D eigenvalue weighted by atomic mass is 79.9. The molecule has 0 radical (unpaired) electrons. The van der Waals surface area contributed by atoms with E-state index in [1.807, 2.05) is 49.9 Å². The van der Waals surface area contributed by atoms with E-state index < -0.39 is 17.7 Å². The molecule has 2 rings (SSSR count). The first kappa shape index (κ1) is 21.7. The molecule has 1 atom stereocenters. The second-order valence-electron chi connectivity index (χ2n) is 8.41. The zero-order valence-electron chi connectivity index (χ0n) is 16.8. The summed E-state index contributed by atoms with van der Waals surface area (Å²) in [5, 5.41) is 2.78. The van der Waals surface area contributed by atoms with Gasteiger partial charge in [-0.2, -0.15) is 0 Å². The number of carbonyl (C=O) groups is 2. The lowest BCUT2D eigenvalue weighted by molar-refractivity contribution is -0.142. The van der Waals surface area contributed by atoms with Gasteiger partial charge in [-0.3, -0.25) is 4.79 Å². The first-order chi connectivity index (χ1) is 12.7. The highest BCUT2D eigenvalue weighted by Crippen LogP contribution is 2.21. The normalized spacial score (nSPS) is 16.7. The van der Waals surface area contributed by atoms with Gasteiger partial charge in [0.05, 0.1) is 0 Å². The van der Waals surface area contributed by atoms with Crippen LogP contribution in [0.25, 0.3) is 0 Å². The second kappa shape index (κ2) is 9.58. The van der Waals surface area contributed by atoms with Crippen molar-refractivity contribution in [1.29, 1.82) is 0 Å². The van der Waals surface area contributed by atoms with Gasteiger partial charge >= 0.3 is 6.09 Å². The molecule has 5 nitrogen and oxygen atoms in total. The van der Waals surface area contributed by atoms with Crippen molar-refractivity contribution in [1.82, 2.24) is 10.2 Å². The van der Waals surface area contributed by atoms with Gasteiger partial charge in [0, 0.05) is 23.1 Å². The Morgan fingerprint density at radius 2 is 1.89 bits per heavy atom. The average molecular weight is 439 g/mol. The van der Waals surface area contributed by atoms with E-state index in [-0.39, 0.29) is 5.91 Å². The summed E-state index contributed by atoms with van der Waals surface area (Å²) in [6.07, 6.45) is 1.80. The van der Waals surface area contributed by atoms with Gasteiger partial charge in [-0.25, -0.2) is 4.79 Å². The SMILES string of the molecule is CC1CCN(C(=O)C(CCc2ccccc2Br)OC(=O)NC(C)(C)C)CC1. The summed E-state index contributed by atoms with van der Waals surface area (Å²) in [7, 11) is 0.